The summed E-state index contributed by atoms with van der Waals surface area (Å²) < 4.78 is 5.12. The Labute approximate surface area is 77.4 Å². The Balaban J connectivity index is 2.46. The van der Waals surface area contributed by atoms with Crippen LogP contribution in [-0.2, 0) is 9.53 Å². The van der Waals surface area contributed by atoms with E-state index < -0.39 is 11.2 Å². The maximum Gasteiger partial charge on any atom is 0.171 e. The molecule has 3 unspecified atom stereocenters. The lowest BCUT2D eigenvalue weighted by atomic mass is 9.78. The van der Waals surface area contributed by atoms with Gasteiger partial charge in [0, 0.05) is 0 Å². The smallest absolute Gasteiger partial charge is 0.171 e. The minimum absolute atomic E-state index is 0.363. The normalized spacial score (nSPS) is 56.2. The molecule has 3 atom stereocenters. The van der Waals surface area contributed by atoms with E-state index in [1.54, 1.807) is 0 Å². The second kappa shape index (κ2) is 1.96. The van der Waals surface area contributed by atoms with E-state index in [1.807, 2.05) is 26.0 Å². The SMILES string of the molecule is CC1(S)CC=CC2(C)OC12C=O. The monoisotopic (exact) mass is 184 g/mol. The summed E-state index contributed by atoms with van der Waals surface area (Å²) >= 11 is 4.47. The Bertz CT molecular complexity index is 272. The van der Waals surface area contributed by atoms with Crippen molar-refractivity contribution in [2.75, 3.05) is 0 Å². The number of rotatable bonds is 1. The summed E-state index contributed by atoms with van der Waals surface area (Å²) in [5.41, 5.74) is -1.08. The van der Waals surface area contributed by atoms with E-state index in [0.29, 0.717) is 0 Å². The van der Waals surface area contributed by atoms with Crippen molar-refractivity contribution in [2.24, 2.45) is 0 Å². The fourth-order valence-corrected chi connectivity index (χ4v) is 2.47. The van der Waals surface area contributed by atoms with Gasteiger partial charge in [-0.3, -0.25) is 4.79 Å². The molecule has 2 rings (SSSR count). The van der Waals surface area contributed by atoms with Crippen LogP contribution in [0.2, 0.25) is 0 Å². The average Bonchev–Trinajstić information content (AvgIpc) is 2.58. The van der Waals surface area contributed by atoms with Gasteiger partial charge in [-0.1, -0.05) is 12.2 Å². The third-order valence-corrected chi connectivity index (χ3v) is 3.50. The molecule has 2 nitrogen and oxygen atoms in total. The molecule has 2 aliphatic rings. The summed E-state index contributed by atoms with van der Waals surface area (Å²) in [7, 11) is 0. The molecular weight excluding hydrogens is 172 g/mol. The lowest BCUT2D eigenvalue weighted by Crippen LogP contribution is -2.45. The van der Waals surface area contributed by atoms with Crippen LogP contribution in [0.25, 0.3) is 0 Å². The van der Waals surface area contributed by atoms with Crippen molar-refractivity contribution in [2.45, 2.75) is 36.2 Å². The van der Waals surface area contributed by atoms with Gasteiger partial charge in [-0.05, 0) is 20.3 Å². The average molecular weight is 184 g/mol. The molecule has 0 amide bonds. The molecule has 0 saturated carbocycles. The molecule has 0 radical (unpaired) electrons. The van der Waals surface area contributed by atoms with Crippen LogP contribution < -0.4 is 0 Å². The van der Waals surface area contributed by atoms with Crippen LogP contribution in [0.4, 0.5) is 0 Å². The number of epoxide rings is 1. The molecule has 0 aromatic carbocycles. The molecule has 12 heavy (non-hydrogen) atoms. The van der Waals surface area contributed by atoms with Crippen molar-refractivity contribution in [1.29, 1.82) is 0 Å². The van der Waals surface area contributed by atoms with Gasteiger partial charge >= 0.3 is 0 Å². The van der Waals surface area contributed by atoms with E-state index in [4.69, 9.17) is 4.74 Å². The number of allylic oxidation sites excluding steroid dienone is 1. The third kappa shape index (κ3) is 0.690. The van der Waals surface area contributed by atoms with Crippen molar-refractivity contribution in [3.8, 4) is 0 Å². The molecule has 0 spiro atoms. The van der Waals surface area contributed by atoms with E-state index >= 15 is 0 Å². The van der Waals surface area contributed by atoms with Crippen molar-refractivity contribution < 1.29 is 9.53 Å². The summed E-state index contributed by atoms with van der Waals surface area (Å²) in [6.45, 7) is 3.87. The van der Waals surface area contributed by atoms with Gasteiger partial charge in [-0.2, -0.15) is 12.6 Å². The van der Waals surface area contributed by atoms with Gasteiger partial charge in [0.25, 0.3) is 0 Å². The van der Waals surface area contributed by atoms with E-state index in [1.165, 1.54) is 0 Å². The van der Waals surface area contributed by atoms with Gasteiger partial charge in [-0.15, -0.1) is 0 Å². The van der Waals surface area contributed by atoms with Crippen molar-refractivity contribution in [3.05, 3.63) is 12.2 Å². The quantitative estimate of drug-likeness (QED) is 0.288. The standard InChI is InChI=1S/C9H12O2S/c1-7-4-3-5-8(2,12)9(7,6-10)11-7/h3-4,6,12H,5H2,1-2H3. The predicted octanol–water partition coefficient (Wildman–Crippen LogP) is 1.36. The number of carbonyl (C=O) groups excluding carboxylic acids is 1. The highest BCUT2D eigenvalue weighted by Crippen LogP contribution is 2.59. The van der Waals surface area contributed by atoms with E-state index in [2.05, 4.69) is 12.6 Å². The number of hydrogen-bond donors (Lipinski definition) is 1. The zero-order valence-electron chi connectivity index (χ0n) is 7.20. The molecule has 1 aliphatic heterocycles. The van der Waals surface area contributed by atoms with Crippen molar-refractivity contribution >= 4 is 18.9 Å². The summed E-state index contributed by atoms with van der Waals surface area (Å²) in [4.78, 5) is 10.9. The van der Waals surface area contributed by atoms with E-state index in [9.17, 15) is 4.79 Å². The highest BCUT2D eigenvalue weighted by atomic mass is 32.1. The zero-order valence-corrected chi connectivity index (χ0v) is 8.10. The summed E-state index contributed by atoms with van der Waals surface area (Å²) in [6.07, 6.45) is 5.66. The summed E-state index contributed by atoms with van der Waals surface area (Å²) in [6, 6.07) is 0. The van der Waals surface area contributed by atoms with Crippen molar-refractivity contribution in [1.82, 2.24) is 0 Å². The minimum atomic E-state index is -0.683. The molecule has 3 heteroatoms. The second-order valence-electron chi connectivity index (χ2n) is 3.94. The first-order valence-corrected chi connectivity index (χ1v) is 4.49. The largest absolute Gasteiger partial charge is 0.349 e. The Kier molecular flexibility index (Phi) is 1.36. The van der Waals surface area contributed by atoms with Crippen LogP contribution in [0.5, 0.6) is 0 Å². The molecule has 0 N–H and O–H groups in total. The number of aldehydes is 1. The summed E-state index contributed by atoms with van der Waals surface area (Å²) in [5, 5.41) is 0. The number of hydrogen-bond acceptors (Lipinski definition) is 3. The fraction of sp³-hybridized carbons (Fsp3) is 0.667. The third-order valence-electron chi connectivity index (χ3n) is 2.99. The summed E-state index contributed by atoms with van der Waals surface area (Å²) in [5.74, 6) is 0. The van der Waals surface area contributed by atoms with E-state index in [0.717, 1.165) is 12.7 Å². The predicted molar refractivity (Wildman–Crippen MR) is 49.4 cm³/mol. The van der Waals surface area contributed by atoms with Crippen LogP contribution >= 0.6 is 12.6 Å². The number of thiol groups is 1. The first kappa shape index (κ1) is 8.32. The van der Waals surface area contributed by atoms with Gasteiger partial charge in [0.2, 0.25) is 0 Å². The molecule has 0 aromatic rings. The first-order valence-electron chi connectivity index (χ1n) is 4.04. The van der Waals surface area contributed by atoms with Gasteiger partial charge in [-0.25, -0.2) is 0 Å². The van der Waals surface area contributed by atoms with Crippen LogP contribution in [-0.4, -0.2) is 22.2 Å². The molecule has 1 aliphatic carbocycles. The number of fused-ring (bicyclic) bond motifs is 1. The lowest BCUT2D eigenvalue weighted by Gasteiger charge is -2.30. The Morgan fingerprint density at radius 3 is 2.67 bits per heavy atom. The van der Waals surface area contributed by atoms with Crippen LogP contribution in [0.3, 0.4) is 0 Å². The number of carbonyl (C=O) groups is 1. The van der Waals surface area contributed by atoms with Gasteiger partial charge in [0.05, 0.1) is 4.75 Å². The molecule has 1 fully saturated rings. The Hall–Kier alpha value is -0.280. The molecule has 1 saturated heterocycles. The number of ether oxygens (including phenoxy) is 1. The van der Waals surface area contributed by atoms with Crippen LogP contribution in [0, 0.1) is 0 Å². The van der Waals surface area contributed by atoms with Crippen LogP contribution in [0.15, 0.2) is 12.2 Å². The van der Waals surface area contributed by atoms with Gasteiger partial charge < -0.3 is 4.74 Å². The Morgan fingerprint density at radius 1 is 1.58 bits per heavy atom. The Morgan fingerprint density at radius 2 is 2.25 bits per heavy atom. The lowest BCUT2D eigenvalue weighted by molar-refractivity contribution is -0.113. The van der Waals surface area contributed by atoms with E-state index in [-0.39, 0.29) is 4.75 Å². The molecule has 0 aromatic heterocycles. The molecular formula is C9H12O2S. The van der Waals surface area contributed by atoms with Gasteiger partial charge in [0.1, 0.15) is 5.60 Å². The highest BCUT2D eigenvalue weighted by Gasteiger charge is 2.74. The maximum atomic E-state index is 10.9. The maximum absolute atomic E-state index is 10.9. The minimum Gasteiger partial charge on any atom is -0.349 e. The van der Waals surface area contributed by atoms with Crippen molar-refractivity contribution in [3.63, 3.8) is 0 Å². The highest BCUT2D eigenvalue weighted by molar-refractivity contribution is 7.82. The zero-order chi connectivity index (χ0) is 9.04. The van der Waals surface area contributed by atoms with Gasteiger partial charge in [0.15, 0.2) is 11.9 Å². The molecule has 66 valence electrons. The molecule has 1 heterocycles. The second-order valence-corrected chi connectivity index (χ2v) is 4.93. The first-order chi connectivity index (χ1) is 5.47. The molecule has 0 bridgehead atoms. The van der Waals surface area contributed by atoms with Crippen LogP contribution in [0.1, 0.15) is 20.3 Å². The topological polar surface area (TPSA) is 29.6 Å². The fourth-order valence-electron chi connectivity index (χ4n) is 2.04.